The number of carbonyl (C=O) groups is 1. The molecular weight excluding hydrogens is 206 g/mol. The molecule has 0 spiro atoms. The van der Waals surface area contributed by atoms with Gasteiger partial charge >= 0.3 is 5.97 Å². The summed E-state index contributed by atoms with van der Waals surface area (Å²) in [6.07, 6.45) is 2.24. The Kier molecular flexibility index (Phi) is 8.48. The van der Waals surface area contributed by atoms with Crippen LogP contribution in [0.2, 0.25) is 0 Å². The van der Waals surface area contributed by atoms with Crippen LogP contribution in [0, 0.1) is 0 Å². The maximum Gasteiger partial charge on any atom is 0.331 e. The zero-order chi connectivity index (χ0) is 12.4. The average molecular weight is 227 g/mol. The van der Waals surface area contributed by atoms with Gasteiger partial charge < -0.3 is 15.2 Å². The van der Waals surface area contributed by atoms with Crippen molar-refractivity contribution in [2.45, 2.75) is 20.3 Å². The number of nitrogens with one attached hydrogen (secondary N) is 1. The van der Waals surface area contributed by atoms with Gasteiger partial charge in [0.1, 0.15) is 0 Å². The van der Waals surface area contributed by atoms with Crippen molar-refractivity contribution in [1.82, 2.24) is 5.32 Å². The Balaban J connectivity index is 3.52. The molecule has 0 saturated heterocycles. The van der Waals surface area contributed by atoms with Crippen LogP contribution in [0.25, 0.3) is 0 Å². The summed E-state index contributed by atoms with van der Waals surface area (Å²) in [5.41, 5.74) is 1.44. The molecule has 0 saturated carbocycles. The Labute approximate surface area is 97.0 Å². The van der Waals surface area contributed by atoms with Crippen molar-refractivity contribution in [2.75, 3.05) is 26.3 Å². The van der Waals surface area contributed by atoms with Crippen molar-refractivity contribution in [3.05, 3.63) is 23.8 Å². The normalized spacial score (nSPS) is 11.5. The predicted octanol–water partition coefficient (Wildman–Crippen LogP) is 1.59. The molecule has 4 nitrogen and oxygen atoms in total. The van der Waals surface area contributed by atoms with Crippen molar-refractivity contribution < 1.29 is 14.6 Å². The van der Waals surface area contributed by atoms with Crippen LogP contribution < -0.4 is 5.32 Å². The van der Waals surface area contributed by atoms with Crippen LogP contribution in [-0.4, -0.2) is 37.4 Å². The molecule has 0 rings (SSSR count). The monoisotopic (exact) mass is 227 g/mol. The Hall–Kier alpha value is -1.13. The zero-order valence-corrected chi connectivity index (χ0v) is 10.1. The minimum absolute atomic E-state index is 0.440. The number of carboxylic acid groups (broad SMARTS) is 1. The molecule has 92 valence electrons. The van der Waals surface area contributed by atoms with Crippen LogP contribution in [-0.2, 0) is 9.53 Å². The minimum Gasteiger partial charge on any atom is -0.478 e. The number of hydrogen-bond acceptors (Lipinski definition) is 3. The minimum atomic E-state index is -0.845. The van der Waals surface area contributed by atoms with Gasteiger partial charge in [-0.15, -0.1) is 0 Å². The quantitative estimate of drug-likeness (QED) is 0.357. The molecule has 0 aliphatic rings. The molecule has 0 amide bonds. The van der Waals surface area contributed by atoms with Gasteiger partial charge in [-0.2, -0.15) is 0 Å². The molecule has 0 fully saturated rings. The summed E-state index contributed by atoms with van der Waals surface area (Å²) >= 11 is 0. The van der Waals surface area contributed by atoms with E-state index in [2.05, 4.69) is 11.9 Å². The number of carboxylic acids is 1. The first kappa shape index (κ1) is 14.9. The van der Waals surface area contributed by atoms with Gasteiger partial charge in [0.25, 0.3) is 0 Å². The first-order valence-corrected chi connectivity index (χ1v) is 5.43. The maximum absolute atomic E-state index is 10.6. The molecule has 2 N–H and O–H groups in total. The van der Waals surface area contributed by atoms with Crippen molar-refractivity contribution in [1.29, 1.82) is 0 Å². The summed E-state index contributed by atoms with van der Waals surface area (Å²) in [5.74, 6) is -0.845. The predicted molar refractivity (Wildman–Crippen MR) is 64.5 cm³/mol. The standard InChI is InChI=1S/C12H21NO3/c1-4-11(12(14)15)5-6-13-7-8-16-9-10(2)3/h5,13H,2,4,6-9H2,1,3H3,(H,14,15). The summed E-state index contributed by atoms with van der Waals surface area (Å²) in [6.45, 7) is 9.92. The number of aliphatic carboxylic acids is 1. The molecule has 0 bridgehead atoms. The Morgan fingerprint density at radius 3 is 2.75 bits per heavy atom. The molecule has 0 aliphatic carbocycles. The fourth-order valence-electron chi connectivity index (χ4n) is 1.07. The molecule has 16 heavy (non-hydrogen) atoms. The topological polar surface area (TPSA) is 58.6 Å². The Morgan fingerprint density at radius 1 is 1.56 bits per heavy atom. The lowest BCUT2D eigenvalue weighted by Crippen LogP contribution is -2.20. The van der Waals surface area contributed by atoms with Crippen molar-refractivity contribution >= 4 is 5.97 Å². The smallest absolute Gasteiger partial charge is 0.331 e. The summed E-state index contributed by atoms with van der Waals surface area (Å²) in [6, 6.07) is 0. The largest absolute Gasteiger partial charge is 0.478 e. The second kappa shape index (κ2) is 9.12. The van der Waals surface area contributed by atoms with Gasteiger partial charge in [0.2, 0.25) is 0 Å². The highest BCUT2D eigenvalue weighted by Gasteiger charge is 2.01. The second-order valence-electron chi connectivity index (χ2n) is 3.60. The van der Waals surface area contributed by atoms with Crippen LogP contribution in [0.1, 0.15) is 20.3 Å². The molecule has 0 aromatic heterocycles. The molecular formula is C12H21NO3. The van der Waals surface area contributed by atoms with Crippen molar-refractivity contribution in [3.8, 4) is 0 Å². The second-order valence-corrected chi connectivity index (χ2v) is 3.60. The van der Waals surface area contributed by atoms with E-state index in [9.17, 15) is 4.79 Å². The lowest BCUT2D eigenvalue weighted by atomic mass is 10.2. The molecule has 0 heterocycles. The van der Waals surface area contributed by atoms with E-state index in [-0.39, 0.29) is 0 Å². The van der Waals surface area contributed by atoms with E-state index in [1.54, 1.807) is 6.08 Å². The molecule has 4 heteroatoms. The van der Waals surface area contributed by atoms with Gasteiger partial charge in [0.05, 0.1) is 13.2 Å². The lowest BCUT2D eigenvalue weighted by Gasteiger charge is -2.04. The van der Waals surface area contributed by atoms with E-state index >= 15 is 0 Å². The third-order valence-corrected chi connectivity index (χ3v) is 1.92. The Bertz CT molecular complexity index is 259. The van der Waals surface area contributed by atoms with Gasteiger partial charge in [-0.25, -0.2) is 4.79 Å². The SMILES string of the molecule is C=C(C)COCCNCC=C(CC)C(=O)O. The van der Waals surface area contributed by atoms with Gasteiger partial charge in [-0.3, -0.25) is 0 Å². The highest BCUT2D eigenvalue weighted by Crippen LogP contribution is 1.98. The molecule has 0 aliphatic heterocycles. The molecule has 0 aromatic rings. The first-order valence-electron chi connectivity index (χ1n) is 5.43. The molecule has 0 radical (unpaired) electrons. The van der Waals surface area contributed by atoms with E-state index in [0.717, 1.165) is 5.57 Å². The van der Waals surface area contributed by atoms with Crippen LogP contribution in [0.15, 0.2) is 23.8 Å². The Morgan fingerprint density at radius 2 is 2.25 bits per heavy atom. The van der Waals surface area contributed by atoms with Crippen LogP contribution in [0.5, 0.6) is 0 Å². The highest BCUT2D eigenvalue weighted by atomic mass is 16.5. The fraction of sp³-hybridized carbons (Fsp3) is 0.583. The van der Waals surface area contributed by atoms with Crippen LogP contribution in [0.3, 0.4) is 0 Å². The van der Waals surface area contributed by atoms with Gasteiger partial charge in [0.15, 0.2) is 0 Å². The van der Waals surface area contributed by atoms with E-state index in [1.807, 2.05) is 13.8 Å². The van der Waals surface area contributed by atoms with Gasteiger partial charge in [-0.05, 0) is 13.3 Å². The highest BCUT2D eigenvalue weighted by molar-refractivity contribution is 5.86. The maximum atomic E-state index is 10.6. The summed E-state index contributed by atoms with van der Waals surface area (Å²) in [5, 5.41) is 11.8. The summed E-state index contributed by atoms with van der Waals surface area (Å²) < 4.78 is 5.28. The van der Waals surface area contributed by atoms with E-state index in [1.165, 1.54) is 0 Å². The van der Waals surface area contributed by atoms with Gasteiger partial charge in [0, 0.05) is 18.7 Å². The van der Waals surface area contributed by atoms with Crippen LogP contribution in [0.4, 0.5) is 0 Å². The van der Waals surface area contributed by atoms with Crippen molar-refractivity contribution in [2.24, 2.45) is 0 Å². The zero-order valence-electron chi connectivity index (χ0n) is 10.1. The number of hydrogen-bond donors (Lipinski definition) is 2. The summed E-state index contributed by atoms with van der Waals surface area (Å²) in [4.78, 5) is 10.6. The van der Waals surface area contributed by atoms with Crippen molar-refractivity contribution in [3.63, 3.8) is 0 Å². The fourth-order valence-corrected chi connectivity index (χ4v) is 1.07. The van der Waals surface area contributed by atoms with Gasteiger partial charge in [-0.1, -0.05) is 25.2 Å². The lowest BCUT2D eigenvalue weighted by molar-refractivity contribution is -0.132. The molecule has 0 aromatic carbocycles. The molecule has 0 unspecified atom stereocenters. The van der Waals surface area contributed by atoms with Crippen LogP contribution >= 0.6 is 0 Å². The van der Waals surface area contributed by atoms with E-state index in [0.29, 0.717) is 38.3 Å². The summed E-state index contributed by atoms with van der Waals surface area (Å²) in [7, 11) is 0. The molecule has 0 atom stereocenters. The van der Waals surface area contributed by atoms with E-state index in [4.69, 9.17) is 9.84 Å². The van der Waals surface area contributed by atoms with E-state index < -0.39 is 5.97 Å². The third kappa shape index (κ3) is 8.20. The first-order chi connectivity index (χ1) is 7.57. The number of ether oxygens (including phenoxy) is 1. The average Bonchev–Trinajstić information content (AvgIpc) is 2.21. The number of rotatable bonds is 9. The third-order valence-electron chi connectivity index (χ3n) is 1.92.